The number of amides is 1. The molecule has 0 bridgehead atoms. The second-order valence-electron chi connectivity index (χ2n) is 4.45. The van der Waals surface area contributed by atoms with Gasteiger partial charge < -0.3 is 15.2 Å². The Bertz CT molecular complexity index is 633. The van der Waals surface area contributed by atoms with E-state index in [9.17, 15) is 9.59 Å². The summed E-state index contributed by atoms with van der Waals surface area (Å²) >= 11 is 2.70. The van der Waals surface area contributed by atoms with Crippen LogP contribution in [0, 0.1) is 6.92 Å². The molecule has 2 N–H and O–H groups in total. The van der Waals surface area contributed by atoms with Crippen LogP contribution in [0.25, 0.3) is 0 Å². The number of carbonyl (C=O) groups excluding carboxylic acids is 1. The molecule has 7 heteroatoms. The lowest BCUT2D eigenvalue weighted by molar-refractivity contribution is -0.123. The van der Waals surface area contributed by atoms with E-state index < -0.39 is 5.97 Å². The highest BCUT2D eigenvalue weighted by Crippen LogP contribution is 2.28. The first-order valence-electron chi connectivity index (χ1n) is 6.26. The van der Waals surface area contributed by atoms with Crippen molar-refractivity contribution in [1.29, 1.82) is 0 Å². The number of carbonyl (C=O) groups is 2. The third-order valence-electron chi connectivity index (χ3n) is 2.72. The fourth-order valence-corrected chi connectivity index (χ4v) is 3.31. The topological polar surface area (TPSA) is 75.6 Å². The Kier molecular flexibility index (Phi) is 4.98. The highest BCUT2D eigenvalue weighted by Gasteiger charge is 2.17. The van der Waals surface area contributed by atoms with Gasteiger partial charge in [-0.25, -0.2) is 4.79 Å². The number of hydrogen-bond acceptors (Lipinski definition) is 5. The van der Waals surface area contributed by atoms with Crippen LogP contribution in [0.15, 0.2) is 23.6 Å². The Hall–Kier alpha value is -1.86. The number of carboxylic acid groups (broad SMARTS) is 1. The Morgan fingerprint density at radius 3 is 2.86 bits per heavy atom. The van der Waals surface area contributed by atoms with E-state index in [1.54, 1.807) is 24.3 Å². The third-order valence-corrected chi connectivity index (χ3v) is 4.80. The van der Waals surface area contributed by atoms with Gasteiger partial charge >= 0.3 is 5.97 Å². The Balaban J connectivity index is 1.91. The molecule has 2 aromatic heterocycles. The number of aromatic carboxylic acids is 1. The molecule has 112 valence electrons. The van der Waals surface area contributed by atoms with E-state index in [4.69, 9.17) is 9.84 Å². The zero-order valence-electron chi connectivity index (χ0n) is 11.6. The molecular formula is C14H15NO4S2. The van der Waals surface area contributed by atoms with Gasteiger partial charge in [-0.3, -0.25) is 4.79 Å². The Morgan fingerprint density at radius 1 is 1.48 bits per heavy atom. The fraction of sp³-hybridized carbons (Fsp3) is 0.286. The summed E-state index contributed by atoms with van der Waals surface area (Å²) < 4.78 is 5.32. The highest BCUT2D eigenvalue weighted by atomic mass is 32.1. The van der Waals surface area contributed by atoms with Gasteiger partial charge in [-0.05, 0) is 31.4 Å². The predicted octanol–water partition coefficient (Wildman–Crippen LogP) is 3.07. The van der Waals surface area contributed by atoms with Gasteiger partial charge in [-0.2, -0.15) is 0 Å². The lowest BCUT2D eigenvalue weighted by atomic mass is 10.3. The molecule has 0 fully saturated rings. The average Bonchev–Trinajstić information content (AvgIpc) is 3.05. The quantitative estimate of drug-likeness (QED) is 0.856. The minimum absolute atomic E-state index is 0.0933. The van der Waals surface area contributed by atoms with E-state index in [-0.39, 0.29) is 29.2 Å². The van der Waals surface area contributed by atoms with Crippen molar-refractivity contribution in [3.63, 3.8) is 0 Å². The molecule has 1 unspecified atom stereocenters. The van der Waals surface area contributed by atoms with Crippen molar-refractivity contribution in [2.45, 2.75) is 19.9 Å². The molecule has 21 heavy (non-hydrogen) atoms. The minimum Gasteiger partial charge on any atom is -0.482 e. The molecule has 2 rings (SSSR count). The van der Waals surface area contributed by atoms with Gasteiger partial charge in [0.2, 0.25) is 0 Å². The first-order chi connectivity index (χ1) is 9.97. The Morgan fingerprint density at radius 2 is 2.24 bits per heavy atom. The fourth-order valence-electron chi connectivity index (χ4n) is 1.78. The maximum atomic E-state index is 11.8. The normalized spacial score (nSPS) is 11.9. The largest absolute Gasteiger partial charge is 0.482 e. The molecular weight excluding hydrogens is 310 g/mol. The van der Waals surface area contributed by atoms with E-state index in [2.05, 4.69) is 5.32 Å². The summed E-state index contributed by atoms with van der Waals surface area (Å²) in [5.41, 5.74) is 0. The summed E-state index contributed by atoms with van der Waals surface area (Å²) in [6.45, 7) is 3.48. The van der Waals surface area contributed by atoms with Gasteiger partial charge in [0.1, 0.15) is 5.75 Å². The number of thiophene rings is 2. The van der Waals surface area contributed by atoms with E-state index in [0.717, 1.165) is 21.1 Å². The number of nitrogens with one attached hydrogen (secondary N) is 1. The van der Waals surface area contributed by atoms with Crippen molar-refractivity contribution in [3.8, 4) is 5.75 Å². The molecule has 0 saturated carbocycles. The molecule has 2 heterocycles. The maximum Gasteiger partial charge on any atom is 0.349 e. The van der Waals surface area contributed by atoms with E-state index >= 15 is 0 Å². The van der Waals surface area contributed by atoms with Gasteiger partial charge in [0.25, 0.3) is 5.91 Å². The lowest BCUT2D eigenvalue weighted by Gasteiger charge is -2.12. The van der Waals surface area contributed by atoms with Crippen LogP contribution in [0.5, 0.6) is 5.75 Å². The van der Waals surface area contributed by atoms with Crippen molar-refractivity contribution in [3.05, 3.63) is 38.2 Å². The summed E-state index contributed by atoms with van der Waals surface area (Å²) in [4.78, 5) is 24.9. The molecule has 0 spiro atoms. The van der Waals surface area contributed by atoms with Gasteiger partial charge in [0, 0.05) is 9.75 Å². The molecule has 0 aliphatic rings. The smallest absolute Gasteiger partial charge is 0.349 e. The van der Waals surface area contributed by atoms with Crippen LogP contribution in [0.4, 0.5) is 0 Å². The van der Waals surface area contributed by atoms with Crippen LogP contribution in [0.2, 0.25) is 0 Å². The monoisotopic (exact) mass is 325 g/mol. The molecule has 1 atom stereocenters. The molecule has 0 aromatic carbocycles. The molecule has 2 aromatic rings. The SMILES string of the molecule is Cc1cc(OCC(=O)NC(C)c2cccs2)c(C(=O)O)s1. The first kappa shape index (κ1) is 15.5. The molecule has 0 radical (unpaired) electrons. The highest BCUT2D eigenvalue weighted by molar-refractivity contribution is 7.14. The second kappa shape index (κ2) is 6.73. The number of rotatable bonds is 6. The van der Waals surface area contributed by atoms with Crippen molar-refractivity contribution >= 4 is 34.6 Å². The van der Waals surface area contributed by atoms with Crippen LogP contribution < -0.4 is 10.1 Å². The van der Waals surface area contributed by atoms with Crippen LogP contribution in [0.3, 0.4) is 0 Å². The van der Waals surface area contributed by atoms with E-state index in [1.807, 2.05) is 24.4 Å². The lowest BCUT2D eigenvalue weighted by Crippen LogP contribution is -2.31. The van der Waals surface area contributed by atoms with Gasteiger partial charge in [-0.15, -0.1) is 22.7 Å². The van der Waals surface area contributed by atoms with Crippen LogP contribution in [-0.4, -0.2) is 23.6 Å². The third kappa shape index (κ3) is 4.05. The molecule has 0 aliphatic carbocycles. The molecule has 5 nitrogen and oxygen atoms in total. The standard InChI is InChI=1S/C14H15NO4S2/c1-8-6-10(13(21-8)14(17)18)19-7-12(16)15-9(2)11-4-3-5-20-11/h3-6,9H,7H2,1-2H3,(H,15,16)(H,17,18). The van der Waals surface area contributed by atoms with Crippen molar-refractivity contribution in [2.24, 2.45) is 0 Å². The van der Waals surface area contributed by atoms with E-state index in [0.29, 0.717) is 0 Å². The summed E-state index contributed by atoms with van der Waals surface area (Å²) in [6, 6.07) is 5.40. The summed E-state index contributed by atoms with van der Waals surface area (Å²) in [5, 5.41) is 13.8. The molecule has 0 aliphatic heterocycles. The number of hydrogen-bond donors (Lipinski definition) is 2. The molecule has 0 saturated heterocycles. The van der Waals surface area contributed by atoms with Crippen molar-refractivity contribution < 1.29 is 19.4 Å². The predicted molar refractivity (Wildman–Crippen MR) is 82.4 cm³/mol. The maximum absolute atomic E-state index is 11.8. The number of carboxylic acids is 1. The summed E-state index contributed by atoms with van der Waals surface area (Å²) in [7, 11) is 0. The summed E-state index contributed by atoms with van der Waals surface area (Å²) in [6.07, 6.45) is 0. The van der Waals surface area contributed by atoms with E-state index in [1.165, 1.54) is 0 Å². The first-order valence-corrected chi connectivity index (χ1v) is 7.96. The van der Waals surface area contributed by atoms with Gasteiger partial charge in [0.15, 0.2) is 11.5 Å². The number of ether oxygens (including phenoxy) is 1. The minimum atomic E-state index is -1.05. The van der Waals surface area contributed by atoms with Gasteiger partial charge in [-0.1, -0.05) is 6.07 Å². The summed E-state index contributed by atoms with van der Waals surface area (Å²) in [5.74, 6) is -1.09. The zero-order valence-corrected chi connectivity index (χ0v) is 13.2. The zero-order chi connectivity index (χ0) is 15.4. The number of aryl methyl sites for hydroxylation is 1. The van der Waals surface area contributed by atoms with Crippen LogP contribution in [-0.2, 0) is 4.79 Å². The Labute approximate surface area is 130 Å². The van der Waals surface area contributed by atoms with Crippen molar-refractivity contribution in [2.75, 3.05) is 6.61 Å². The average molecular weight is 325 g/mol. The second-order valence-corrected chi connectivity index (χ2v) is 6.68. The van der Waals surface area contributed by atoms with Gasteiger partial charge in [0.05, 0.1) is 6.04 Å². The van der Waals surface area contributed by atoms with Crippen LogP contribution in [0.1, 0.15) is 32.4 Å². The van der Waals surface area contributed by atoms with Crippen molar-refractivity contribution in [1.82, 2.24) is 5.32 Å². The molecule has 1 amide bonds. The van der Waals surface area contributed by atoms with Crippen LogP contribution >= 0.6 is 22.7 Å².